The zero-order chi connectivity index (χ0) is 21.6. The highest BCUT2D eigenvalue weighted by Crippen LogP contribution is 2.29. The molecule has 0 saturated carbocycles. The Morgan fingerprint density at radius 2 is 1.61 bits per heavy atom. The lowest BCUT2D eigenvalue weighted by molar-refractivity contribution is -0.116. The number of aromatic nitrogens is 2. The summed E-state index contributed by atoms with van der Waals surface area (Å²) in [5, 5.41) is 8.40. The Labute approximate surface area is 180 Å². The van der Waals surface area contributed by atoms with Crippen LogP contribution in [0.1, 0.15) is 12.0 Å². The summed E-state index contributed by atoms with van der Waals surface area (Å²) < 4.78 is 1.88. The zero-order valence-electron chi connectivity index (χ0n) is 17.1. The van der Waals surface area contributed by atoms with Gasteiger partial charge < -0.3 is 16.0 Å². The van der Waals surface area contributed by atoms with E-state index in [-0.39, 0.29) is 24.9 Å². The minimum absolute atomic E-state index is 0.134. The summed E-state index contributed by atoms with van der Waals surface area (Å²) in [5.74, 6) is 0.407. The highest BCUT2D eigenvalue weighted by Gasteiger charge is 2.17. The third kappa shape index (κ3) is 4.72. The van der Waals surface area contributed by atoms with Crippen LogP contribution in [0.4, 0.5) is 16.3 Å². The maximum atomic E-state index is 12.6. The second-order valence-corrected chi connectivity index (χ2v) is 7.10. The lowest BCUT2D eigenvalue weighted by Gasteiger charge is -2.10. The van der Waals surface area contributed by atoms with Gasteiger partial charge in [0.2, 0.25) is 5.91 Å². The lowest BCUT2D eigenvalue weighted by atomic mass is 10.1. The molecule has 2 aromatic carbocycles. The molecule has 0 unspecified atom stereocenters. The zero-order valence-corrected chi connectivity index (χ0v) is 17.1. The van der Waals surface area contributed by atoms with Crippen LogP contribution in [0.15, 0.2) is 79.0 Å². The average molecular weight is 413 g/mol. The molecule has 0 spiro atoms. The second kappa shape index (κ2) is 9.13. The molecule has 2 aromatic heterocycles. The van der Waals surface area contributed by atoms with Gasteiger partial charge >= 0.3 is 6.03 Å². The van der Waals surface area contributed by atoms with Gasteiger partial charge in [-0.05, 0) is 30.7 Å². The fourth-order valence-electron chi connectivity index (χ4n) is 3.30. The topological polar surface area (TPSA) is 87.5 Å². The van der Waals surface area contributed by atoms with Crippen molar-refractivity contribution in [1.82, 2.24) is 14.7 Å². The number of hydrogen-bond donors (Lipinski definition) is 3. The molecule has 156 valence electrons. The molecule has 0 fully saturated rings. The molecule has 0 bridgehead atoms. The smallest absolute Gasteiger partial charge is 0.319 e. The number of aryl methyl sites for hydroxylation is 1. The Morgan fingerprint density at radius 1 is 0.903 bits per heavy atom. The first kappa shape index (κ1) is 20.2. The van der Waals surface area contributed by atoms with Gasteiger partial charge in [0, 0.05) is 30.4 Å². The Balaban J connectivity index is 1.45. The highest BCUT2D eigenvalue weighted by atomic mass is 16.2. The maximum Gasteiger partial charge on any atom is 0.319 e. The SMILES string of the molecule is Cc1cccn2c(NC(=O)CCNC(=O)Nc3ccccc3)c(-c3ccccc3)nc12. The first-order valence-corrected chi connectivity index (χ1v) is 10.0. The van der Waals surface area contributed by atoms with Crippen LogP contribution < -0.4 is 16.0 Å². The van der Waals surface area contributed by atoms with Gasteiger partial charge in [0.15, 0.2) is 0 Å². The molecule has 0 atom stereocenters. The molecule has 0 aliphatic heterocycles. The third-order valence-electron chi connectivity index (χ3n) is 4.82. The van der Waals surface area contributed by atoms with E-state index >= 15 is 0 Å². The number of para-hydroxylation sites is 1. The Kier molecular flexibility index (Phi) is 5.93. The van der Waals surface area contributed by atoms with Gasteiger partial charge in [-0.2, -0.15) is 0 Å². The molecule has 2 heterocycles. The summed E-state index contributed by atoms with van der Waals surface area (Å²) in [6.45, 7) is 2.19. The number of carbonyl (C=O) groups is 2. The number of fused-ring (bicyclic) bond motifs is 1. The first-order valence-electron chi connectivity index (χ1n) is 10.0. The summed E-state index contributed by atoms with van der Waals surface area (Å²) >= 11 is 0. The molecule has 3 amide bonds. The maximum absolute atomic E-state index is 12.6. The predicted octanol–water partition coefficient (Wildman–Crippen LogP) is 4.46. The summed E-state index contributed by atoms with van der Waals surface area (Å²) in [6, 6.07) is 22.4. The van der Waals surface area contributed by atoms with Gasteiger partial charge in [-0.3, -0.25) is 9.20 Å². The van der Waals surface area contributed by atoms with Crippen LogP contribution in [0.2, 0.25) is 0 Å². The molecule has 0 aliphatic carbocycles. The van der Waals surface area contributed by atoms with Gasteiger partial charge in [0.05, 0.1) is 0 Å². The fraction of sp³-hybridized carbons (Fsp3) is 0.125. The number of urea groups is 1. The van der Waals surface area contributed by atoms with Gasteiger partial charge in [0.25, 0.3) is 0 Å². The number of pyridine rings is 1. The number of amides is 3. The van der Waals surface area contributed by atoms with Gasteiger partial charge in [0.1, 0.15) is 17.2 Å². The van der Waals surface area contributed by atoms with Crippen LogP contribution in [0.5, 0.6) is 0 Å². The highest BCUT2D eigenvalue weighted by molar-refractivity contribution is 5.95. The molecular weight excluding hydrogens is 390 g/mol. The molecule has 4 aromatic rings. The van der Waals surface area contributed by atoms with Crippen molar-refractivity contribution in [2.24, 2.45) is 0 Å². The number of nitrogens with zero attached hydrogens (tertiary/aromatic N) is 2. The molecule has 31 heavy (non-hydrogen) atoms. The van der Waals surface area contributed by atoms with Crippen molar-refractivity contribution < 1.29 is 9.59 Å². The van der Waals surface area contributed by atoms with E-state index in [9.17, 15) is 9.59 Å². The van der Waals surface area contributed by atoms with E-state index in [4.69, 9.17) is 4.98 Å². The predicted molar refractivity (Wildman–Crippen MR) is 122 cm³/mol. The molecular formula is C24H23N5O2. The standard InChI is InChI=1S/C24H23N5O2/c1-17-9-8-16-29-22(17)28-21(18-10-4-2-5-11-18)23(29)27-20(30)14-15-25-24(31)26-19-12-6-3-7-13-19/h2-13,16H,14-15H2,1H3,(H,27,30)(H2,25,26,31). The Morgan fingerprint density at radius 3 is 2.35 bits per heavy atom. The molecule has 0 aliphatic rings. The molecule has 7 nitrogen and oxygen atoms in total. The van der Waals surface area contributed by atoms with Crippen LogP contribution in [0, 0.1) is 6.92 Å². The molecule has 3 N–H and O–H groups in total. The minimum atomic E-state index is -0.352. The first-order chi connectivity index (χ1) is 15.1. The summed E-state index contributed by atoms with van der Waals surface area (Å²) in [6.07, 6.45) is 2.01. The van der Waals surface area contributed by atoms with E-state index in [1.807, 2.05) is 78.2 Å². The third-order valence-corrected chi connectivity index (χ3v) is 4.82. The number of imidazole rings is 1. The van der Waals surface area contributed by atoms with Gasteiger partial charge in [-0.15, -0.1) is 0 Å². The van der Waals surface area contributed by atoms with E-state index < -0.39 is 0 Å². The van der Waals surface area contributed by atoms with Crippen molar-refractivity contribution in [1.29, 1.82) is 0 Å². The minimum Gasteiger partial charge on any atom is -0.337 e. The van der Waals surface area contributed by atoms with E-state index in [0.29, 0.717) is 17.2 Å². The number of carbonyl (C=O) groups excluding carboxylic acids is 2. The number of rotatable bonds is 6. The number of nitrogens with one attached hydrogen (secondary N) is 3. The van der Waals surface area contributed by atoms with Crippen molar-refractivity contribution in [3.63, 3.8) is 0 Å². The largest absolute Gasteiger partial charge is 0.337 e. The van der Waals surface area contributed by atoms with Crippen molar-refractivity contribution in [3.05, 3.63) is 84.6 Å². The molecule has 4 rings (SSSR count). The quantitative estimate of drug-likeness (QED) is 0.436. The van der Waals surface area contributed by atoms with Crippen LogP contribution in [0.25, 0.3) is 16.9 Å². The van der Waals surface area contributed by atoms with E-state index in [2.05, 4.69) is 16.0 Å². The van der Waals surface area contributed by atoms with Gasteiger partial charge in [-0.1, -0.05) is 54.6 Å². The monoisotopic (exact) mass is 413 g/mol. The Bertz CT molecular complexity index is 1200. The van der Waals surface area contributed by atoms with Crippen LogP contribution >= 0.6 is 0 Å². The van der Waals surface area contributed by atoms with Crippen molar-refractivity contribution in [2.75, 3.05) is 17.2 Å². The van der Waals surface area contributed by atoms with Gasteiger partial charge in [-0.25, -0.2) is 9.78 Å². The van der Waals surface area contributed by atoms with Crippen LogP contribution in [-0.4, -0.2) is 27.9 Å². The Hall–Kier alpha value is -4.13. The fourth-order valence-corrected chi connectivity index (χ4v) is 3.30. The van der Waals surface area contributed by atoms with Crippen LogP contribution in [-0.2, 0) is 4.79 Å². The average Bonchev–Trinajstić information content (AvgIpc) is 3.15. The molecule has 7 heteroatoms. The summed E-state index contributed by atoms with van der Waals surface area (Å²) in [5.41, 5.74) is 4.12. The number of hydrogen-bond acceptors (Lipinski definition) is 3. The normalized spacial score (nSPS) is 10.6. The summed E-state index contributed by atoms with van der Waals surface area (Å²) in [7, 11) is 0. The molecule has 0 radical (unpaired) electrons. The van der Waals surface area contributed by atoms with Crippen molar-refractivity contribution in [3.8, 4) is 11.3 Å². The van der Waals surface area contributed by atoms with Crippen molar-refractivity contribution in [2.45, 2.75) is 13.3 Å². The number of anilines is 2. The second-order valence-electron chi connectivity index (χ2n) is 7.10. The van der Waals surface area contributed by atoms with Crippen LogP contribution in [0.3, 0.4) is 0 Å². The van der Waals surface area contributed by atoms with E-state index in [0.717, 1.165) is 16.8 Å². The molecule has 0 saturated heterocycles. The number of benzene rings is 2. The lowest BCUT2D eigenvalue weighted by Crippen LogP contribution is -2.31. The van der Waals surface area contributed by atoms with E-state index in [1.54, 1.807) is 12.1 Å². The van der Waals surface area contributed by atoms with E-state index in [1.165, 1.54) is 0 Å². The van der Waals surface area contributed by atoms with Crippen molar-refractivity contribution >= 4 is 29.1 Å². The summed E-state index contributed by atoms with van der Waals surface area (Å²) in [4.78, 5) is 29.4.